The second kappa shape index (κ2) is 5.60. The Labute approximate surface area is 74.5 Å². The molecule has 1 unspecified atom stereocenters. The fourth-order valence-corrected chi connectivity index (χ4v) is 1.38. The van der Waals surface area contributed by atoms with Crippen LogP contribution in [0.4, 0.5) is 0 Å². The monoisotopic (exact) mass is 194 g/mol. The molecule has 5 nitrogen and oxygen atoms in total. The van der Waals surface area contributed by atoms with Crippen molar-refractivity contribution in [3.63, 3.8) is 0 Å². The minimum atomic E-state index is -1.88. The van der Waals surface area contributed by atoms with Gasteiger partial charge in [0.1, 0.15) is 0 Å². The van der Waals surface area contributed by atoms with Gasteiger partial charge in [-0.15, -0.1) is 0 Å². The topological polar surface area (TPSA) is 61.8 Å². The summed E-state index contributed by atoms with van der Waals surface area (Å²) in [5, 5.41) is 0. The van der Waals surface area contributed by atoms with Gasteiger partial charge in [0.05, 0.1) is 13.2 Å². The summed E-state index contributed by atoms with van der Waals surface area (Å²) in [4.78, 5) is 2.20. The molecule has 6 heteroatoms. The van der Waals surface area contributed by atoms with Crippen LogP contribution in [0.3, 0.4) is 0 Å². The highest BCUT2D eigenvalue weighted by Gasteiger charge is 2.09. The van der Waals surface area contributed by atoms with E-state index in [1.807, 2.05) is 0 Å². The smallest absolute Gasteiger partial charge is 0.231 e. The zero-order valence-corrected chi connectivity index (χ0v) is 7.68. The highest BCUT2D eigenvalue weighted by atomic mass is 32.2. The van der Waals surface area contributed by atoms with Gasteiger partial charge in [-0.3, -0.25) is 9.45 Å². The summed E-state index contributed by atoms with van der Waals surface area (Å²) in [6.45, 7) is 4.71. The minimum absolute atomic E-state index is 0.545. The van der Waals surface area contributed by atoms with Crippen molar-refractivity contribution in [2.45, 2.75) is 0 Å². The molecule has 1 heterocycles. The van der Waals surface area contributed by atoms with Crippen molar-refractivity contribution in [3.05, 3.63) is 0 Å². The second-order valence-corrected chi connectivity index (χ2v) is 3.38. The molecular weight excluding hydrogens is 180 g/mol. The molecule has 0 aromatic heterocycles. The Morgan fingerprint density at radius 2 is 2.17 bits per heavy atom. The largest absolute Gasteiger partial charge is 0.379 e. The van der Waals surface area contributed by atoms with E-state index >= 15 is 0 Å². The van der Waals surface area contributed by atoms with Gasteiger partial charge >= 0.3 is 0 Å². The molecule has 2 N–H and O–H groups in total. The lowest BCUT2D eigenvalue weighted by atomic mass is 10.4. The minimum Gasteiger partial charge on any atom is -0.379 e. The molecule has 1 saturated heterocycles. The average Bonchev–Trinajstić information content (AvgIpc) is 2.05. The number of nitrogens with zero attached hydrogens (tertiary/aromatic N) is 1. The normalized spacial score (nSPS) is 22.4. The second-order valence-electron chi connectivity index (χ2n) is 2.60. The Kier molecular flexibility index (Phi) is 4.70. The molecule has 0 saturated carbocycles. The van der Waals surface area contributed by atoms with E-state index in [-0.39, 0.29) is 0 Å². The third kappa shape index (κ3) is 4.13. The van der Waals surface area contributed by atoms with Crippen LogP contribution in [0, 0.1) is 0 Å². The molecular formula is C6H14N2O3S. The Hall–Kier alpha value is -0.0100. The van der Waals surface area contributed by atoms with Gasteiger partial charge in [0, 0.05) is 26.2 Å². The lowest BCUT2D eigenvalue weighted by Crippen LogP contribution is -2.40. The maximum Gasteiger partial charge on any atom is 0.231 e. The Bertz CT molecular complexity index is 150. The molecule has 0 spiro atoms. The Balaban J connectivity index is 2.01. The summed E-state index contributed by atoms with van der Waals surface area (Å²) < 4.78 is 26.2. The van der Waals surface area contributed by atoms with E-state index < -0.39 is 11.3 Å². The first-order valence-corrected chi connectivity index (χ1v) is 5.04. The van der Waals surface area contributed by atoms with E-state index in [1.54, 1.807) is 0 Å². The highest BCUT2D eigenvalue weighted by molar-refractivity contribution is 7.77. The lowest BCUT2D eigenvalue weighted by Gasteiger charge is -2.26. The van der Waals surface area contributed by atoms with Crippen molar-refractivity contribution in [3.8, 4) is 0 Å². The molecule has 0 aliphatic carbocycles. The number of hydrogen-bond donors (Lipinski definition) is 2. The van der Waals surface area contributed by atoms with Crippen molar-refractivity contribution >= 4 is 11.3 Å². The SMILES string of the molecule is O=S(O)NCCN1CCOCC1. The molecule has 1 fully saturated rings. The van der Waals surface area contributed by atoms with Crippen molar-refractivity contribution in [2.24, 2.45) is 0 Å². The third-order valence-electron chi connectivity index (χ3n) is 1.76. The fourth-order valence-electron chi connectivity index (χ4n) is 1.12. The zero-order valence-electron chi connectivity index (χ0n) is 6.86. The van der Waals surface area contributed by atoms with Crippen LogP contribution in [0.15, 0.2) is 0 Å². The Morgan fingerprint density at radius 1 is 1.50 bits per heavy atom. The summed E-state index contributed by atoms with van der Waals surface area (Å²) in [7, 11) is 0. The first kappa shape index (κ1) is 10.1. The number of ether oxygens (including phenoxy) is 1. The average molecular weight is 194 g/mol. The van der Waals surface area contributed by atoms with Crippen LogP contribution in [0.1, 0.15) is 0 Å². The van der Waals surface area contributed by atoms with Gasteiger partial charge in [0.2, 0.25) is 11.3 Å². The van der Waals surface area contributed by atoms with Crippen LogP contribution < -0.4 is 4.72 Å². The van der Waals surface area contributed by atoms with Crippen LogP contribution in [0.2, 0.25) is 0 Å². The summed E-state index contributed by atoms with van der Waals surface area (Å²) in [5.74, 6) is 0. The van der Waals surface area contributed by atoms with E-state index in [1.165, 1.54) is 0 Å². The van der Waals surface area contributed by atoms with Gasteiger partial charge < -0.3 is 4.74 Å². The van der Waals surface area contributed by atoms with Gasteiger partial charge in [0.25, 0.3) is 0 Å². The van der Waals surface area contributed by atoms with E-state index in [0.717, 1.165) is 32.8 Å². The summed E-state index contributed by atoms with van der Waals surface area (Å²) >= 11 is -1.88. The van der Waals surface area contributed by atoms with Crippen molar-refractivity contribution in [1.82, 2.24) is 9.62 Å². The maximum absolute atomic E-state index is 10.2. The molecule has 12 heavy (non-hydrogen) atoms. The predicted molar refractivity (Wildman–Crippen MR) is 46.0 cm³/mol. The molecule has 72 valence electrons. The molecule has 1 atom stereocenters. The fraction of sp³-hybridized carbons (Fsp3) is 1.00. The molecule has 0 aromatic carbocycles. The van der Waals surface area contributed by atoms with Gasteiger partial charge in [-0.1, -0.05) is 0 Å². The van der Waals surface area contributed by atoms with E-state index in [2.05, 4.69) is 9.62 Å². The summed E-state index contributed by atoms with van der Waals surface area (Å²) in [6.07, 6.45) is 0. The van der Waals surface area contributed by atoms with Gasteiger partial charge in [-0.25, -0.2) is 8.93 Å². The van der Waals surface area contributed by atoms with E-state index in [4.69, 9.17) is 9.29 Å². The van der Waals surface area contributed by atoms with Crippen molar-refractivity contribution < 1.29 is 13.5 Å². The van der Waals surface area contributed by atoms with Gasteiger partial charge in [-0.2, -0.15) is 0 Å². The first-order chi connectivity index (χ1) is 5.79. The number of nitrogens with one attached hydrogen (secondary N) is 1. The quantitative estimate of drug-likeness (QED) is 0.566. The molecule has 0 aromatic rings. The van der Waals surface area contributed by atoms with Crippen LogP contribution in [0.5, 0.6) is 0 Å². The van der Waals surface area contributed by atoms with Gasteiger partial charge in [-0.05, 0) is 0 Å². The number of hydrogen-bond acceptors (Lipinski definition) is 3. The molecule has 0 amide bonds. The number of rotatable bonds is 4. The standard InChI is InChI=1S/C6H14N2O3S/c9-12(10)7-1-2-8-3-5-11-6-4-8/h7H,1-6H2,(H,9,10). The number of morpholine rings is 1. The van der Waals surface area contributed by atoms with Crippen LogP contribution in [0.25, 0.3) is 0 Å². The van der Waals surface area contributed by atoms with E-state index in [9.17, 15) is 4.21 Å². The van der Waals surface area contributed by atoms with Crippen LogP contribution >= 0.6 is 0 Å². The van der Waals surface area contributed by atoms with E-state index in [0.29, 0.717) is 6.54 Å². The zero-order chi connectivity index (χ0) is 8.81. The molecule has 0 bridgehead atoms. The third-order valence-corrected chi connectivity index (χ3v) is 2.21. The molecule has 0 radical (unpaired) electrons. The van der Waals surface area contributed by atoms with Crippen LogP contribution in [-0.2, 0) is 16.0 Å². The van der Waals surface area contributed by atoms with Crippen molar-refractivity contribution in [1.29, 1.82) is 0 Å². The Morgan fingerprint density at radius 3 is 2.75 bits per heavy atom. The molecule has 1 aliphatic rings. The van der Waals surface area contributed by atoms with Gasteiger partial charge in [0.15, 0.2) is 0 Å². The van der Waals surface area contributed by atoms with Crippen LogP contribution in [-0.4, -0.2) is 53.1 Å². The maximum atomic E-state index is 10.2. The molecule has 1 rings (SSSR count). The molecule has 1 aliphatic heterocycles. The summed E-state index contributed by atoms with van der Waals surface area (Å²) in [6, 6.07) is 0. The summed E-state index contributed by atoms with van der Waals surface area (Å²) in [5.41, 5.74) is 0. The van der Waals surface area contributed by atoms with Crippen molar-refractivity contribution in [2.75, 3.05) is 39.4 Å². The predicted octanol–water partition coefficient (Wildman–Crippen LogP) is -0.955. The highest BCUT2D eigenvalue weighted by Crippen LogP contribution is 1.94. The first-order valence-electron chi connectivity index (χ1n) is 3.93. The lowest BCUT2D eigenvalue weighted by molar-refractivity contribution is 0.0390.